The summed E-state index contributed by atoms with van der Waals surface area (Å²) >= 11 is 0. The summed E-state index contributed by atoms with van der Waals surface area (Å²) < 4.78 is 0. The van der Waals surface area contributed by atoms with E-state index in [4.69, 9.17) is 5.73 Å². The summed E-state index contributed by atoms with van der Waals surface area (Å²) in [5.74, 6) is 0. The van der Waals surface area contributed by atoms with Crippen LogP contribution in [-0.4, -0.2) is 5.11 Å². The van der Waals surface area contributed by atoms with Crippen LogP contribution in [0.2, 0.25) is 0 Å². The number of nitrogens with two attached hydrogens (primary N) is 1. The van der Waals surface area contributed by atoms with Crippen LogP contribution >= 0.6 is 0 Å². The Labute approximate surface area is 124 Å². The van der Waals surface area contributed by atoms with Crippen molar-refractivity contribution in [1.82, 2.24) is 0 Å². The third-order valence-electron chi connectivity index (χ3n) is 3.71. The fourth-order valence-corrected chi connectivity index (χ4v) is 2.58. The van der Waals surface area contributed by atoms with Crippen LogP contribution in [0.4, 0.5) is 5.69 Å². The first-order chi connectivity index (χ1) is 10.2. The lowest BCUT2D eigenvalue weighted by Crippen LogP contribution is -2.28. The number of hydrogen-bond donors (Lipinski definition) is 2. The van der Waals surface area contributed by atoms with Crippen LogP contribution in [0.3, 0.4) is 0 Å². The fraction of sp³-hybridized carbons (Fsp3) is 0.0526. The zero-order valence-corrected chi connectivity index (χ0v) is 11.6. The molecule has 0 radical (unpaired) electrons. The zero-order valence-electron chi connectivity index (χ0n) is 11.6. The Balaban J connectivity index is 2.23. The van der Waals surface area contributed by atoms with Crippen LogP contribution in [0.25, 0.3) is 0 Å². The molecule has 0 spiro atoms. The molecule has 21 heavy (non-hydrogen) atoms. The highest BCUT2D eigenvalue weighted by molar-refractivity contribution is 5.50. The highest BCUT2D eigenvalue weighted by Gasteiger charge is 2.33. The van der Waals surface area contributed by atoms with Crippen molar-refractivity contribution < 1.29 is 5.11 Å². The van der Waals surface area contributed by atoms with Crippen LogP contribution in [0, 0.1) is 0 Å². The summed E-state index contributed by atoms with van der Waals surface area (Å²) in [5.41, 5.74) is 7.73. The predicted octanol–water partition coefficient (Wildman–Crippen LogP) is 3.55. The first-order valence-electron chi connectivity index (χ1n) is 6.91. The topological polar surface area (TPSA) is 46.2 Å². The second-order valence-corrected chi connectivity index (χ2v) is 5.06. The molecule has 0 bridgehead atoms. The molecule has 2 nitrogen and oxygen atoms in total. The van der Waals surface area contributed by atoms with Crippen molar-refractivity contribution in [2.75, 3.05) is 5.73 Å². The molecule has 0 unspecified atom stereocenters. The van der Waals surface area contributed by atoms with Crippen LogP contribution in [-0.2, 0) is 5.60 Å². The first-order valence-corrected chi connectivity index (χ1v) is 6.91. The van der Waals surface area contributed by atoms with Crippen molar-refractivity contribution in [2.45, 2.75) is 5.60 Å². The van der Waals surface area contributed by atoms with Gasteiger partial charge in [-0.2, -0.15) is 0 Å². The third-order valence-corrected chi connectivity index (χ3v) is 3.71. The van der Waals surface area contributed by atoms with Gasteiger partial charge in [-0.1, -0.05) is 72.8 Å². The van der Waals surface area contributed by atoms with Gasteiger partial charge in [-0.15, -0.1) is 0 Å². The minimum absolute atomic E-state index is 0.683. The fourth-order valence-electron chi connectivity index (χ4n) is 2.58. The van der Waals surface area contributed by atoms with E-state index in [1.165, 1.54) is 0 Å². The maximum absolute atomic E-state index is 11.5. The lowest BCUT2D eigenvalue weighted by Gasteiger charge is -2.30. The Bertz CT molecular complexity index is 666. The standard InChI is InChI=1S/C19H17NO/c20-18-13-11-17(12-14-18)19(21,15-7-3-1-4-8-15)16-9-5-2-6-10-16/h1-14,21H,20H2. The van der Waals surface area contributed by atoms with Crippen molar-refractivity contribution in [3.63, 3.8) is 0 Å². The Morgan fingerprint density at radius 2 is 0.952 bits per heavy atom. The molecule has 3 rings (SSSR count). The van der Waals surface area contributed by atoms with Gasteiger partial charge in [-0.05, 0) is 28.8 Å². The molecule has 0 aliphatic rings. The van der Waals surface area contributed by atoms with Gasteiger partial charge in [0.15, 0.2) is 0 Å². The molecule has 3 aromatic rings. The van der Waals surface area contributed by atoms with Crippen molar-refractivity contribution in [3.8, 4) is 0 Å². The quantitative estimate of drug-likeness (QED) is 0.567. The average molecular weight is 275 g/mol. The lowest BCUT2D eigenvalue weighted by atomic mass is 9.80. The number of nitrogen functional groups attached to an aromatic ring is 1. The maximum atomic E-state index is 11.5. The minimum Gasteiger partial charge on any atom is -0.399 e. The summed E-state index contributed by atoms with van der Waals surface area (Å²) in [6.45, 7) is 0. The van der Waals surface area contributed by atoms with Gasteiger partial charge in [0.2, 0.25) is 0 Å². The summed E-state index contributed by atoms with van der Waals surface area (Å²) in [5, 5.41) is 11.5. The number of anilines is 1. The number of hydrogen-bond acceptors (Lipinski definition) is 2. The number of benzene rings is 3. The van der Waals surface area contributed by atoms with Gasteiger partial charge in [0, 0.05) is 5.69 Å². The summed E-state index contributed by atoms with van der Waals surface area (Å²) in [6.07, 6.45) is 0. The van der Waals surface area contributed by atoms with Crippen molar-refractivity contribution in [3.05, 3.63) is 102 Å². The normalized spacial score (nSPS) is 11.3. The molecule has 3 aromatic carbocycles. The van der Waals surface area contributed by atoms with E-state index in [1.807, 2.05) is 84.9 Å². The maximum Gasteiger partial charge on any atom is 0.140 e. The molecule has 0 aliphatic carbocycles. The van der Waals surface area contributed by atoms with Gasteiger partial charge in [0.25, 0.3) is 0 Å². The molecule has 2 heteroatoms. The monoisotopic (exact) mass is 275 g/mol. The van der Waals surface area contributed by atoms with E-state index >= 15 is 0 Å². The van der Waals surface area contributed by atoms with E-state index in [1.54, 1.807) is 0 Å². The van der Waals surface area contributed by atoms with Crippen LogP contribution in [0.1, 0.15) is 16.7 Å². The van der Waals surface area contributed by atoms with Crippen molar-refractivity contribution in [2.24, 2.45) is 0 Å². The summed E-state index contributed by atoms with van der Waals surface area (Å²) in [6, 6.07) is 26.7. The minimum atomic E-state index is -1.18. The highest BCUT2D eigenvalue weighted by atomic mass is 16.3. The van der Waals surface area contributed by atoms with Gasteiger partial charge in [0.1, 0.15) is 5.60 Å². The zero-order chi connectivity index (χ0) is 14.7. The van der Waals surface area contributed by atoms with E-state index in [0.717, 1.165) is 16.7 Å². The van der Waals surface area contributed by atoms with E-state index < -0.39 is 5.60 Å². The van der Waals surface area contributed by atoms with Crippen molar-refractivity contribution in [1.29, 1.82) is 0 Å². The third kappa shape index (κ3) is 2.41. The molecule has 104 valence electrons. The van der Waals surface area contributed by atoms with Crippen molar-refractivity contribution >= 4 is 5.69 Å². The Kier molecular flexibility index (Phi) is 3.46. The van der Waals surface area contributed by atoms with E-state index in [9.17, 15) is 5.11 Å². The van der Waals surface area contributed by atoms with Crippen LogP contribution in [0.15, 0.2) is 84.9 Å². The summed E-state index contributed by atoms with van der Waals surface area (Å²) in [7, 11) is 0. The molecular formula is C19H17NO. The molecule has 0 amide bonds. The van der Waals surface area contributed by atoms with E-state index in [2.05, 4.69) is 0 Å². The van der Waals surface area contributed by atoms with Crippen LogP contribution < -0.4 is 5.73 Å². The predicted molar refractivity (Wildman–Crippen MR) is 85.8 cm³/mol. The number of aliphatic hydroxyl groups is 1. The Morgan fingerprint density at radius 3 is 1.38 bits per heavy atom. The first kappa shape index (κ1) is 13.4. The van der Waals surface area contributed by atoms with Gasteiger partial charge in [-0.25, -0.2) is 0 Å². The molecule has 3 N–H and O–H groups in total. The SMILES string of the molecule is Nc1ccc(C(O)(c2ccccc2)c2ccccc2)cc1. The van der Waals surface area contributed by atoms with E-state index in [0.29, 0.717) is 5.69 Å². The molecule has 0 aromatic heterocycles. The second kappa shape index (κ2) is 5.43. The number of rotatable bonds is 3. The van der Waals surface area contributed by atoms with E-state index in [-0.39, 0.29) is 0 Å². The second-order valence-electron chi connectivity index (χ2n) is 5.06. The largest absolute Gasteiger partial charge is 0.399 e. The van der Waals surface area contributed by atoms with Gasteiger partial charge in [0.05, 0.1) is 0 Å². The molecule has 0 atom stereocenters. The molecule has 0 fully saturated rings. The van der Waals surface area contributed by atoms with Gasteiger partial charge in [-0.3, -0.25) is 0 Å². The van der Waals surface area contributed by atoms with Crippen LogP contribution in [0.5, 0.6) is 0 Å². The Morgan fingerprint density at radius 1 is 0.571 bits per heavy atom. The summed E-state index contributed by atoms with van der Waals surface area (Å²) in [4.78, 5) is 0. The molecule has 0 heterocycles. The van der Waals surface area contributed by atoms with Gasteiger partial charge < -0.3 is 10.8 Å². The molecule has 0 aliphatic heterocycles. The smallest absolute Gasteiger partial charge is 0.140 e. The molecule has 0 saturated heterocycles. The van der Waals surface area contributed by atoms with Gasteiger partial charge >= 0.3 is 0 Å². The average Bonchev–Trinajstić information content (AvgIpc) is 2.56. The molecule has 0 saturated carbocycles. The Hall–Kier alpha value is -2.58. The molecular weight excluding hydrogens is 258 g/mol. The lowest BCUT2D eigenvalue weighted by molar-refractivity contribution is 0.126. The highest BCUT2D eigenvalue weighted by Crippen LogP contribution is 2.36.